The van der Waals surface area contributed by atoms with Crippen molar-refractivity contribution in [2.24, 2.45) is 5.92 Å². The molecule has 0 aliphatic carbocycles. The van der Waals surface area contributed by atoms with Crippen LogP contribution in [0.3, 0.4) is 0 Å². The maximum atomic E-state index is 12.3. The van der Waals surface area contributed by atoms with Crippen LogP contribution in [-0.2, 0) is 16.1 Å². The van der Waals surface area contributed by atoms with E-state index in [1.165, 1.54) is 0 Å². The summed E-state index contributed by atoms with van der Waals surface area (Å²) in [5.74, 6) is -1.68. The van der Waals surface area contributed by atoms with Crippen LogP contribution in [0.5, 0.6) is 0 Å². The fourth-order valence-electron chi connectivity index (χ4n) is 2.31. The molecule has 3 N–H and O–H groups in total. The second-order valence-electron chi connectivity index (χ2n) is 6.23. The zero-order valence-electron chi connectivity index (χ0n) is 15.6. The Bertz CT molecular complexity index is 638. The van der Waals surface area contributed by atoms with Crippen LogP contribution in [0.4, 0.5) is 0 Å². The third-order valence-electron chi connectivity index (χ3n) is 4.18. The van der Waals surface area contributed by atoms with Crippen molar-refractivity contribution in [1.82, 2.24) is 10.6 Å². The summed E-state index contributed by atoms with van der Waals surface area (Å²) < 4.78 is 0. The Labute approximate surface area is 154 Å². The summed E-state index contributed by atoms with van der Waals surface area (Å²) in [6.45, 7) is 6.06. The number of carboxylic acid groups (broad SMARTS) is 1. The van der Waals surface area contributed by atoms with Crippen molar-refractivity contribution in [3.8, 4) is 0 Å². The highest BCUT2D eigenvalue weighted by molar-refractivity contribution is 5.96. The van der Waals surface area contributed by atoms with E-state index in [1.54, 1.807) is 31.2 Å². The minimum Gasteiger partial charge on any atom is -0.480 e. The van der Waals surface area contributed by atoms with Crippen molar-refractivity contribution in [2.75, 3.05) is 0 Å². The lowest BCUT2D eigenvalue weighted by molar-refractivity contribution is -0.140. The van der Waals surface area contributed by atoms with Crippen LogP contribution in [0.2, 0.25) is 0 Å². The van der Waals surface area contributed by atoms with E-state index in [0.29, 0.717) is 24.9 Å². The number of nitrogens with one attached hydrogen (secondary N) is 2. The van der Waals surface area contributed by atoms with Crippen molar-refractivity contribution in [1.29, 1.82) is 0 Å². The summed E-state index contributed by atoms with van der Waals surface area (Å²) in [7, 11) is 0. The van der Waals surface area contributed by atoms with Crippen LogP contribution in [0, 0.1) is 5.92 Å². The van der Waals surface area contributed by atoms with Gasteiger partial charge in [-0.3, -0.25) is 9.59 Å². The molecule has 0 heterocycles. The first-order valence-electron chi connectivity index (χ1n) is 8.93. The average Bonchev–Trinajstić information content (AvgIpc) is 2.64. The fraction of sp³-hybridized carbons (Fsp3) is 0.450. The molecule has 0 fully saturated rings. The molecule has 0 aliphatic rings. The van der Waals surface area contributed by atoms with Crippen LogP contribution in [0.1, 0.15) is 56.0 Å². The zero-order valence-corrected chi connectivity index (χ0v) is 15.6. The summed E-state index contributed by atoms with van der Waals surface area (Å²) in [4.78, 5) is 35.2. The Balaban J connectivity index is 2.60. The lowest BCUT2D eigenvalue weighted by Crippen LogP contribution is -2.45. The largest absolute Gasteiger partial charge is 0.480 e. The van der Waals surface area contributed by atoms with Crippen molar-refractivity contribution < 1.29 is 19.5 Å². The highest BCUT2D eigenvalue weighted by atomic mass is 16.4. The lowest BCUT2D eigenvalue weighted by Gasteiger charge is -2.20. The number of rotatable bonds is 10. The second-order valence-corrected chi connectivity index (χ2v) is 6.23. The van der Waals surface area contributed by atoms with Gasteiger partial charge >= 0.3 is 5.97 Å². The molecule has 0 unspecified atom stereocenters. The topological polar surface area (TPSA) is 95.5 Å². The smallest absolute Gasteiger partial charge is 0.326 e. The van der Waals surface area contributed by atoms with E-state index in [2.05, 4.69) is 10.6 Å². The van der Waals surface area contributed by atoms with Crippen molar-refractivity contribution >= 4 is 17.8 Å². The first-order chi connectivity index (χ1) is 12.4. The van der Waals surface area contributed by atoms with Gasteiger partial charge in [-0.1, -0.05) is 51.5 Å². The standard InChI is InChI=1S/C20H28N2O4/c1-4-6-7-8-17(23)21-13-15-9-11-16(12-10-15)19(24)22-18(20(25)26)14(3)5-2/h6-7,9-12,14,18H,4-5,8,13H2,1-3H3,(H,21,23)(H,22,24)(H,25,26)/b7-6+/t14-,18-/m0/s1. The maximum Gasteiger partial charge on any atom is 0.326 e. The Morgan fingerprint density at radius 2 is 1.77 bits per heavy atom. The summed E-state index contributed by atoms with van der Waals surface area (Å²) >= 11 is 0. The van der Waals surface area contributed by atoms with Gasteiger partial charge in [0, 0.05) is 18.5 Å². The van der Waals surface area contributed by atoms with Gasteiger partial charge in [0.05, 0.1) is 0 Å². The van der Waals surface area contributed by atoms with Gasteiger partial charge in [-0.15, -0.1) is 0 Å². The number of amides is 2. The number of aliphatic carboxylic acids is 1. The van der Waals surface area contributed by atoms with E-state index in [-0.39, 0.29) is 11.8 Å². The highest BCUT2D eigenvalue weighted by Gasteiger charge is 2.25. The first kappa shape index (κ1) is 21.4. The molecule has 1 rings (SSSR count). The average molecular weight is 360 g/mol. The SMILES string of the molecule is CC/C=C/CC(=O)NCc1ccc(C(=O)N[C@H](C(=O)O)[C@@H](C)CC)cc1. The number of hydrogen-bond donors (Lipinski definition) is 3. The van der Waals surface area contributed by atoms with E-state index < -0.39 is 17.9 Å². The molecule has 26 heavy (non-hydrogen) atoms. The van der Waals surface area contributed by atoms with E-state index >= 15 is 0 Å². The second kappa shape index (κ2) is 11.1. The number of hydrogen-bond acceptors (Lipinski definition) is 3. The normalized spacial score (nSPS) is 13.2. The number of carbonyl (C=O) groups excluding carboxylic acids is 2. The van der Waals surface area contributed by atoms with Gasteiger partial charge in [0.2, 0.25) is 5.91 Å². The van der Waals surface area contributed by atoms with Crippen LogP contribution in [0.25, 0.3) is 0 Å². The van der Waals surface area contributed by atoms with Gasteiger partial charge in [-0.25, -0.2) is 4.79 Å². The first-order valence-corrected chi connectivity index (χ1v) is 8.93. The molecule has 0 aliphatic heterocycles. The molecule has 142 valence electrons. The molecule has 0 saturated carbocycles. The monoisotopic (exact) mass is 360 g/mol. The number of benzene rings is 1. The molecule has 1 aromatic rings. The molecule has 2 atom stereocenters. The van der Waals surface area contributed by atoms with Crippen LogP contribution < -0.4 is 10.6 Å². The van der Waals surface area contributed by atoms with Crippen LogP contribution in [0.15, 0.2) is 36.4 Å². The maximum absolute atomic E-state index is 12.3. The lowest BCUT2D eigenvalue weighted by atomic mass is 9.99. The predicted molar refractivity (Wildman–Crippen MR) is 101 cm³/mol. The van der Waals surface area contributed by atoms with Gasteiger partial charge in [-0.2, -0.15) is 0 Å². The van der Waals surface area contributed by atoms with Gasteiger partial charge in [0.15, 0.2) is 0 Å². The summed E-state index contributed by atoms with van der Waals surface area (Å²) in [6, 6.07) is 5.83. The third kappa shape index (κ3) is 7.09. The molecular weight excluding hydrogens is 332 g/mol. The summed E-state index contributed by atoms with van der Waals surface area (Å²) in [5, 5.41) is 14.6. The molecule has 1 aromatic carbocycles. The third-order valence-corrected chi connectivity index (χ3v) is 4.18. The van der Waals surface area contributed by atoms with Crippen LogP contribution >= 0.6 is 0 Å². The highest BCUT2D eigenvalue weighted by Crippen LogP contribution is 2.10. The van der Waals surface area contributed by atoms with Gasteiger partial charge < -0.3 is 15.7 Å². The molecule has 0 radical (unpaired) electrons. The number of carboxylic acids is 1. The summed E-state index contributed by atoms with van der Waals surface area (Å²) in [6.07, 6.45) is 5.68. The van der Waals surface area contributed by atoms with Gasteiger partial charge in [0.25, 0.3) is 5.91 Å². The van der Waals surface area contributed by atoms with E-state index in [4.69, 9.17) is 0 Å². The number of carbonyl (C=O) groups is 3. The molecule has 0 saturated heterocycles. The van der Waals surface area contributed by atoms with E-state index in [1.807, 2.05) is 26.0 Å². The molecular formula is C20H28N2O4. The van der Waals surface area contributed by atoms with Crippen molar-refractivity contribution in [2.45, 2.75) is 52.6 Å². The zero-order chi connectivity index (χ0) is 19.5. The quantitative estimate of drug-likeness (QED) is 0.559. The fourth-order valence-corrected chi connectivity index (χ4v) is 2.31. The van der Waals surface area contributed by atoms with Crippen molar-refractivity contribution in [3.63, 3.8) is 0 Å². The van der Waals surface area contributed by atoms with Gasteiger partial charge in [0.1, 0.15) is 6.04 Å². The Kier molecular flexibility index (Phi) is 9.12. The minimum absolute atomic E-state index is 0.0608. The molecule has 0 aromatic heterocycles. The summed E-state index contributed by atoms with van der Waals surface area (Å²) in [5.41, 5.74) is 1.26. The van der Waals surface area contributed by atoms with Crippen LogP contribution in [-0.4, -0.2) is 28.9 Å². The minimum atomic E-state index is -1.04. The molecule has 2 amide bonds. The number of allylic oxidation sites excluding steroid dienone is 1. The van der Waals surface area contributed by atoms with E-state index in [0.717, 1.165) is 12.0 Å². The molecule has 6 nitrogen and oxygen atoms in total. The van der Waals surface area contributed by atoms with Crippen molar-refractivity contribution in [3.05, 3.63) is 47.5 Å². The molecule has 6 heteroatoms. The molecule has 0 spiro atoms. The Morgan fingerprint density at radius 1 is 1.12 bits per heavy atom. The predicted octanol–water partition coefficient (Wildman–Crippen LogP) is 2.89. The van der Waals surface area contributed by atoms with E-state index in [9.17, 15) is 19.5 Å². The Morgan fingerprint density at radius 3 is 2.31 bits per heavy atom. The Hall–Kier alpha value is -2.63. The molecule has 0 bridgehead atoms. The van der Waals surface area contributed by atoms with Gasteiger partial charge in [-0.05, 0) is 30.0 Å².